The molecule has 3 heterocycles. The van der Waals surface area contributed by atoms with Crippen LogP contribution in [0.2, 0.25) is 0 Å². The van der Waals surface area contributed by atoms with E-state index in [9.17, 15) is 8.42 Å². The standard InChI is InChI=1S/C15H21N3O2S2/c1-10(2)8-12-9-21-15-13(12)14(16-11(3)17-15)18-4-6-22(19,20)7-5-18/h9-10H,4-8H2,1-3H3. The molecule has 0 aromatic carbocycles. The summed E-state index contributed by atoms with van der Waals surface area (Å²) >= 11 is 1.65. The Hall–Kier alpha value is -1.21. The molecule has 5 nitrogen and oxygen atoms in total. The third kappa shape index (κ3) is 3.10. The van der Waals surface area contributed by atoms with Gasteiger partial charge in [0.1, 0.15) is 16.5 Å². The lowest BCUT2D eigenvalue weighted by Crippen LogP contribution is -2.41. The van der Waals surface area contributed by atoms with Gasteiger partial charge < -0.3 is 4.90 Å². The van der Waals surface area contributed by atoms with Gasteiger partial charge in [-0.1, -0.05) is 13.8 Å². The van der Waals surface area contributed by atoms with Crippen molar-refractivity contribution in [1.82, 2.24) is 9.97 Å². The fourth-order valence-electron chi connectivity index (χ4n) is 2.83. The smallest absolute Gasteiger partial charge is 0.153 e. The van der Waals surface area contributed by atoms with Crippen LogP contribution in [0, 0.1) is 12.8 Å². The molecule has 0 N–H and O–H groups in total. The lowest BCUT2D eigenvalue weighted by Gasteiger charge is -2.28. The van der Waals surface area contributed by atoms with Crippen LogP contribution >= 0.6 is 11.3 Å². The van der Waals surface area contributed by atoms with Crippen molar-refractivity contribution in [3.05, 3.63) is 16.8 Å². The second-order valence-corrected chi connectivity index (χ2v) is 9.43. The molecule has 1 aliphatic rings. The van der Waals surface area contributed by atoms with Crippen molar-refractivity contribution >= 4 is 37.2 Å². The Bertz CT molecular complexity index is 782. The molecule has 1 saturated heterocycles. The molecule has 2 aromatic rings. The van der Waals surface area contributed by atoms with Gasteiger partial charge in [-0.25, -0.2) is 18.4 Å². The van der Waals surface area contributed by atoms with Crippen molar-refractivity contribution in [2.75, 3.05) is 29.5 Å². The van der Waals surface area contributed by atoms with Crippen molar-refractivity contribution in [3.63, 3.8) is 0 Å². The van der Waals surface area contributed by atoms with Crippen LogP contribution in [0.3, 0.4) is 0 Å². The fourth-order valence-corrected chi connectivity index (χ4v) is 5.02. The number of sulfone groups is 1. The van der Waals surface area contributed by atoms with Gasteiger partial charge in [-0.3, -0.25) is 0 Å². The first kappa shape index (κ1) is 15.7. The summed E-state index contributed by atoms with van der Waals surface area (Å²) in [6.07, 6.45) is 0.992. The van der Waals surface area contributed by atoms with Gasteiger partial charge >= 0.3 is 0 Å². The van der Waals surface area contributed by atoms with E-state index in [1.165, 1.54) is 5.56 Å². The fraction of sp³-hybridized carbons (Fsp3) is 0.600. The van der Waals surface area contributed by atoms with E-state index in [0.717, 1.165) is 28.3 Å². The van der Waals surface area contributed by atoms with E-state index >= 15 is 0 Å². The number of aromatic nitrogens is 2. The van der Waals surface area contributed by atoms with E-state index in [4.69, 9.17) is 0 Å². The number of hydrogen-bond donors (Lipinski definition) is 0. The number of rotatable bonds is 3. The zero-order valence-electron chi connectivity index (χ0n) is 13.2. The Morgan fingerprint density at radius 2 is 1.95 bits per heavy atom. The van der Waals surface area contributed by atoms with Crippen molar-refractivity contribution in [2.45, 2.75) is 27.2 Å². The van der Waals surface area contributed by atoms with Crippen LogP contribution in [0.4, 0.5) is 5.82 Å². The molecule has 0 aliphatic carbocycles. The minimum Gasteiger partial charge on any atom is -0.354 e. The monoisotopic (exact) mass is 339 g/mol. The summed E-state index contributed by atoms with van der Waals surface area (Å²) in [6, 6.07) is 0. The average molecular weight is 339 g/mol. The lowest BCUT2D eigenvalue weighted by atomic mass is 10.0. The first-order valence-electron chi connectivity index (χ1n) is 7.56. The maximum atomic E-state index is 11.7. The van der Waals surface area contributed by atoms with Gasteiger partial charge in [0, 0.05) is 13.1 Å². The predicted octanol–water partition coefficient (Wildman–Crippen LogP) is 2.43. The third-order valence-corrected chi connectivity index (χ3v) is 6.40. The average Bonchev–Trinajstić information content (AvgIpc) is 2.80. The summed E-state index contributed by atoms with van der Waals surface area (Å²) < 4.78 is 23.3. The number of anilines is 1. The number of hydrogen-bond acceptors (Lipinski definition) is 6. The van der Waals surface area contributed by atoms with Crippen LogP contribution in [0.15, 0.2) is 5.38 Å². The van der Waals surface area contributed by atoms with Crippen LogP contribution < -0.4 is 4.90 Å². The number of fused-ring (bicyclic) bond motifs is 1. The topological polar surface area (TPSA) is 63.2 Å². The minimum atomic E-state index is -2.89. The van der Waals surface area contributed by atoms with Gasteiger partial charge in [0.2, 0.25) is 0 Å². The molecule has 3 rings (SSSR count). The molecular weight excluding hydrogens is 318 g/mol. The van der Waals surface area contributed by atoms with Crippen LogP contribution in [0.5, 0.6) is 0 Å². The SMILES string of the molecule is Cc1nc(N2CCS(=O)(=O)CC2)c2c(CC(C)C)csc2n1. The minimum absolute atomic E-state index is 0.210. The molecule has 0 atom stereocenters. The Morgan fingerprint density at radius 1 is 1.27 bits per heavy atom. The third-order valence-electron chi connectivity index (χ3n) is 3.87. The molecule has 0 unspecified atom stereocenters. The molecule has 0 radical (unpaired) electrons. The molecule has 0 spiro atoms. The molecule has 0 bridgehead atoms. The quantitative estimate of drug-likeness (QED) is 0.859. The van der Waals surface area contributed by atoms with Gasteiger partial charge in [0.05, 0.1) is 16.9 Å². The van der Waals surface area contributed by atoms with Crippen LogP contribution in [-0.4, -0.2) is 43.0 Å². The number of thiophene rings is 1. The highest BCUT2D eigenvalue weighted by atomic mass is 32.2. The summed E-state index contributed by atoms with van der Waals surface area (Å²) in [7, 11) is -2.89. The van der Waals surface area contributed by atoms with E-state index in [2.05, 4.69) is 34.1 Å². The van der Waals surface area contributed by atoms with Crippen LogP contribution in [0.25, 0.3) is 10.2 Å². The van der Waals surface area contributed by atoms with Gasteiger partial charge in [-0.05, 0) is 30.2 Å². The lowest BCUT2D eigenvalue weighted by molar-refractivity contribution is 0.586. The Balaban J connectivity index is 2.05. The van der Waals surface area contributed by atoms with E-state index in [1.54, 1.807) is 11.3 Å². The van der Waals surface area contributed by atoms with Gasteiger partial charge in [-0.15, -0.1) is 11.3 Å². The highest BCUT2D eigenvalue weighted by Crippen LogP contribution is 2.34. The molecule has 1 aliphatic heterocycles. The first-order valence-corrected chi connectivity index (χ1v) is 10.3. The first-order chi connectivity index (χ1) is 10.4. The van der Waals surface area contributed by atoms with Crippen molar-refractivity contribution < 1.29 is 8.42 Å². The zero-order chi connectivity index (χ0) is 15.9. The molecule has 7 heteroatoms. The second-order valence-electron chi connectivity index (χ2n) is 6.27. The summed E-state index contributed by atoms with van der Waals surface area (Å²) in [6.45, 7) is 7.33. The second kappa shape index (κ2) is 5.77. The normalized spacial score (nSPS) is 18.3. The summed E-state index contributed by atoms with van der Waals surface area (Å²) in [5, 5.41) is 3.28. The molecule has 1 fully saturated rings. The van der Waals surface area contributed by atoms with E-state index in [1.807, 2.05) is 6.92 Å². The molecule has 0 saturated carbocycles. The van der Waals surface area contributed by atoms with Gasteiger partial charge in [0.25, 0.3) is 0 Å². The van der Waals surface area contributed by atoms with Crippen LogP contribution in [-0.2, 0) is 16.3 Å². The Labute approximate surface area is 135 Å². The van der Waals surface area contributed by atoms with Crippen molar-refractivity contribution in [1.29, 1.82) is 0 Å². The molecule has 22 heavy (non-hydrogen) atoms. The zero-order valence-corrected chi connectivity index (χ0v) is 14.8. The maximum Gasteiger partial charge on any atom is 0.153 e. The summed E-state index contributed by atoms with van der Waals surface area (Å²) in [5.41, 5.74) is 1.28. The maximum absolute atomic E-state index is 11.7. The van der Waals surface area contributed by atoms with Crippen molar-refractivity contribution in [3.8, 4) is 0 Å². The Kier molecular flexibility index (Phi) is 4.11. The highest BCUT2D eigenvalue weighted by molar-refractivity contribution is 7.91. The highest BCUT2D eigenvalue weighted by Gasteiger charge is 2.25. The summed E-state index contributed by atoms with van der Waals surface area (Å²) in [5.74, 6) is 2.64. The van der Waals surface area contributed by atoms with Gasteiger partial charge in [0.15, 0.2) is 9.84 Å². The molecule has 120 valence electrons. The molecule has 2 aromatic heterocycles. The van der Waals surface area contributed by atoms with E-state index < -0.39 is 9.84 Å². The molecule has 0 amide bonds. The van der Waals surface area contributed by atoms with Crippen molar-refractivity contribution in [2.24, 2.45) is 5.92 Å². The van der Waals surface area contributed by atoms with E-state index in [-0.39, 0.29) is 11.5 Å². The summed E-state index contributed by atoms with van der Waals surface area (Å²) in [4.78, 5) is 12.3. The Morgan fingerprint density at radius 3 is 2.59 bits per heavy atom. The van der Waals surface area contributed by atoms with E-state index in [0.29, 0.717) is 19.0 Å². The largest absolute Gasteiger partial charge is 0.354 e. The molecular formula is C15H21N3O2S2. The predicted molar refractivity (Wildman–Crippen MR) is 91.6 cm³/mol. The van der Waals surface area contributed by atoms with Gasteiger partial charge in [-0.2, -0.15) is 0 Å². The van der Waals surface area contributed by atoms with Crippen LogP contribution in [0.1, 0.15) is 25.2 Å². The number of aryl methyl sites for hydroxylation is 1. The number of nitrogens with zero attached hydrogens (tertiary/aromatic N) is 3.